The Bertz CT molecular complexity index is 847. The van der Waals surface area contributed by atoms with Crippen LogP contribution >= 0.6 is 0 Å². The Morgan fingerprint density at radius 2 is 1.78 bits per heavy atom. The minimum absolute atomic E-state index is 0.0488. The summed E-state index contributed by atoms with van der Waals surface area (Å²) in [6.07, 6.45) is 1.66. The maximum absolute atomic E-state index is 13.7. The fourth-order valence-corrected chi connectivity index (χ4v) is 7.00. The number of allylic oxidation sites excluding steroid dienone is 1. The molecule has 0 radical (unpaired) electrons. The number of ketones is 1. The summed E-state index contributed by atoms with van der Waals surface area (Å²) in [5.41, 5.74) is -1.13. The molecule has 3 aliphatic carbocycles. The number of methoxy groups -OCH3 is 2. The molecule has 3 fully saturated rings. The molecule has 8 unspecified atom stereocenters. The van der Waals surface area contributed by atoms with Crippen molar-refractivity contribution >= 4 is 23.7 Å². The van der Waals surface area contributed by atoms with Gasteiger partial charge in [0, 0.05) is 24.8 Å². The average Bonchev–Trinajstić information content (AvgIpc) is 2.74. The highest BCUT2D eigenvalue weighted by atomic mass is 16.6. The molecule has 3 aliphatic rings. The van der Waals surface area contributed by atoms with Crippen LogP contribution in [0.4, 0.5) is 0 Å². The number of Topliss-reactive ketones (excluding diaryl/α,β-unsaturated/α-hetero) is 1. The second-order valence-corrected chi connectivity index (χ2v) is 9.95. The maximum Gasteiger partial charge on any atom is 0.330 e. The highest BCUT2D eigenvalue weighted by Gasteiger charge is 2.69. The van der Waals surface area contributed by atoms with Crippen molar-refractivity contribution in [3.8, 4) is 0 Å². The zero-order valence-electron chi connectivity index (χ0n) is 19.7. The molecule has 8 heteroatoms. The number of hydrogen-bond acceptors (Lipinski definition) is 8. The number of fused-ring (bicyclic) bond motifs is 3. The second kappa shape index (κ2) is 8.61. The molecule has 0 heterocycles. The molecule has 0 aromatic carbocycles. The molecule has 0 spiro atoms. The second-order valence-electron chi connectivity index (χ2n) is 9.95. The number of aliphatic hydroxyl groups is 1. The van der Waals surface area contributed by atoms with Gasteiger partial charge in [0.2, 0.25) is 0 Å². The molecule has 0 aromatic heterocycles. The van der Waals surface area contributed by atoms with Gasteiger partial charge >= 0.3 is 17.9 Å². The molecule has 0 aromatic rings. The van der Waals surface area contributed by atoms with Crippen molar-refractivity contribution in [2.75, 3.05) is 14.2 Å². The van der Waals surface area contributed by atoms with Gasteiger partial charge in [-0.15, -0.1) is 0 Å². The third kappa shape index (κ3) is 3.56. The fraction of sp³-hybridized carbons (Fsp3) is 0.750. The summed E-state index contributed by atoms with van der Waals surface area (Å²) in [6.45, 7) is 6.83. The standard InChI is InChI=1S/C24H34O8/c1-12-14(11-17(26)30-5)7-8-15-18(12)19(27)20(28)21-23(15,3)10-9-16(32-13(2)25)24(21,4)22(29)31-6/h11-12,15-16,18-19,21,27H,7-10H2,1-6H3. The van der Waals surface area contributed by atoms with Crippen LogP contribution in [0.1, 0.15) is 53.4 Å². The van der Waals surface area contributed by atoms with Crippen LogP contribution in [0.5, 0.6) is 0 Å². The number of ether oxygens (including phenoxy) is 3. The summed E-state index contributed by atoms with van der Waals surface area (Å²) in [7, 11) is 2.57. The SMILES string of the molecule is COC(=O)C=C1CCC2C(C1C)C(O)C(=O)C1C2(C)CCC(OC(C)=O)C1(C)C(=O)OC. The molecule has 1 N–H and O–H groups in total. The van der Waals surface area contributed by atoms with Gasteiger partial charge in [0.15, 0.2) is 5.78 Å². The largest absolute Gasteiger partial charge is 0.468 e. The van der Waals surface area contributed by atoms with Crippen LogP contribution in [-0.4, -0.2) is 55.2 Å². The van der Waals surface area contributed by atoms with Crippen molar-refractivity contribution in [3.05, 3.63) is 11.6 Å². The third-order valence-corrected chi connectivity index (χ3v) is 8.47. The smallest absolute Gasteiger partial charge is 0.330 e. The monoisotopic (exact) mass is 450 g/mol. The van der Waals surface area contributed by atoms with E-state index in [9.17, 15) is 24.3 Å². The number of carbonyl (C=O) groups is 4. The third-order valence-electron chi connectivity index (χ3n) is 8.47. The maximum atomic E-state index is 13.7. The number of aliphatic hydroxyl groups excluding tert-OH is 1. The van der Waals surface area contributed by atoms with Crippen molar-refractivity contribution in [3.63, 3.8) is 0 Å². The minimum Gasteiger partial charge on any atom is -0.468 e. The summed E-state index contributed by atoms with van der Waals surface area (Å²) in [5, 5.41) is 11.2. The molecule has 32 heavy (non-hydrogen) atoms. The van der Waals surface area contributed by atoms with E-state index in [0.29, 0.717) is 25.7 Å². The van der Waals surface area contributed by atoms with E-state index in [0.717, 1.165) is 5.57 Å². The van der Waals surface area contributed by atoms with Crippen LogP contribution in [0.25, 0.3) is 0 Å². The quantitative estimate of drug-likeness (QED) is 0.395. The molecule has 0 saturated heterocycles. The van der Waals surface area contributed by atoms with Gasteiger partial charge in [0.1, 0.15) is 17.6 Å². The number of esters is 3. The highest BCUT2D eigenvalue weighted by Crippen LogP contribution is 2.64. The van der Waals surface area contributed by atoms with Gasteiger partial charge in [-0.05, 0) is 49.9 Å². The van der Waals surface area contributed by atoms with Crippen molar-refractivity contribution in [1.82, 2.24) is 0 Å². The van der Waals surface area contributed by atoms with E-state index >= 15 is 0 Å². The Balaban J connectivity index is 2.08. The zero-order chi connectivity index (χ0) is 24.0. The first-order valence-corrected chi connectivity index (χ1v) is 11.2. The lowest BCUT2D eigenvalue weighted by atomic mass is 9.41. The van der Waals surface area contributed by atoms with Crippen LogP contribution < -0.4 is 0 Å². The molecule has 0 amide bonds. The lowest BCUT2D eigenvalue weighted by molar-refractivity contribution is -0.215. The Labute approximate surface area is 188 Å². The van der Waals surface area contributed by atoms with Gasteiger partial charge in [-0.1, -0.05) is 19.4 Å². The van der Waals surface area contributed by atoms with Gasteiger partial charge in [0.05, 0.1) is 14.2 Å². The molecule has 8 atom stereocenters. The van der Waals surface area contributed by atoms with E-state index in [4.69, 9.17) is 14.2 Å². The van der Waals surface area contributed by atoms with Crippen LogP contribution in [0.15, 0.2) is 11.6 Å². The molecular formula is C24H34O8. The van der Waals surface area contributed by atoms with Gasteiger partial charge in [-0.25, -0.2) is 4.79 Å². The first kappa shape index (κ1) is 24.4. The van der Waals surface area contributed by atoms with Crippen molar-refractivity contribution in [2.24, 2.45) is 34.5 Å². The van der Waals surface area contributed by atoms with E-state index in [-0.39, 0.29) is 17.8 Å². The lowest BCUT2D eigenvalue weighted by Crippen LogP contribution is -2.68. The summed E-state index contributed by atoms with van der Waals surface area (Å²) in [5.74, 6) is -3.49. The summed E-state index contributed by atoms with van der Waals surface area (Å²) < 4.78 is 15.4. The van der Waals surface area contributed by atoms with Gasteiger partial charge in [0.25, 0.3) is 0 Å². The van der Waals surface area contributed by atoms with Crippen LogP contribution in [0, 0.1) is 34.5 Å². The predicted octanol–water partition coefficient (Wildman–Crippen LogP) is 2.22. The van der Waals surface area contributed by atoms with Gasteiger partial charge in [-0.2, -0.15) is 0 Å². The topological polar surface area (TPSA) is 116 Å². The molecular weight excluding hydrogens is 416 g/mol. The molecule has 0 bridgehead atoms. The molecule has 3 saturated carbocycles. The van der Waals surface area contributed by atoms with Crippen LogP contribution in [0.2, 0.25) is 0 Å². The Morgan fingerprint density at radius 3 is 2.34 bits per heavy atom. The zero-order valence-corrected chi connectivity index (χ0v) is 19.7. The molecule has 3 rings (SSSR count). The van der Waals surface area contributed by atoms with Crippen LogP contribution in [0.3, 0.4) is 0 Å². The van der Waals surface area contributed by atoms with E-state index in [1.165, 1.54) is 27.2 Å². The summed E-state index contributed by atoms with van der Waals surface area (Å²) in [6, 6.07) is 0. The first-order chi connectivity index (χ1) is 14.9. The lowest BCUT2D eigenvalue weighted by Gasteiger charge is -2.62. The average molecular weight is 451 g/mol. The van der Waals surface area contributed by atoms with Crippen LogP contribution in [-0.2, 0) is 33.4 Å². The number of hydrogen-bond donors (Lipinski definition) is 1. The van der Waals surface area contributed by atoms with E-state index in [1.807, 2.05) is 13.8 Å². The van der Waals surface area contributed by atoms with Gasteiger partial charge < -0.3 is 19.3 Å². The summed E-state index contributed by atoms with van der Waals surface area (Å²) in [4.78, 5) is 50.3. The van der Waals surface area contributed by atoms with E-state index in [1.54, 1.807) is 6.92 Å². The van der Waals surface area contributed by atoms with E-state index in [2.05, 4.69) is 0 Å². The predicted molar refractivity (Wildman–Crippen MR) is 113 cm³/mol. The molecule has 0 aliphatic heterocycles. The molecule has 8 nitrogen and oxygen atoms in total. The van der Waals surface area contributed by atoms with Gasteiger partial charge in [-0.3, -0.25) is 14.4 Å². The molecule has 178 valence electrons. The van der Waals surface area contributed by atoms with Crippen molar-refractivity contribution in [2.45, 2.75) is 65.6 Å². The number of carbonyl (C=O) groups excluding carboxylic acids is 4. The summed E-state index contributed by atoms with van der Waals surface area (Å²) >= 11 is 0. The Morgan fingerprint density at radius 1 is 1.12 bits per heavy atom. The van der Waals surface area contributed by atoms with E-state index < -0.39 is 52.6 Å². The van der Waals surface area contributed by atoms with Crippen molar-refractivity contribution < 1.29 is 38.5 Å². The Hall–Kier alpha value is -2.22. The Kier molecular flexibility index (Phi) is 6.57. The fourth-order valence-electron chi connectivity index (χ4n) is 7.00. The number of rotatable bonds is 3. The first-order valence-electron chi connectivity index (χ1n) is 11.2. The minimum atomic E-state index is -1.40. The highest BCUT2D eigenvalue weighted by molar-refractivity contribution is 5.94. The van der Waals surface area contributed by atoms with Crippen molar-refractivity contribution in [1.29, 1.82) is 0 Å². The normalized spacial score (nSPS) is 42.5.